The van der Waals surface area contributed by atoms with Gasteiger partial charge in [0, 0.05) is 10.0 Å². The number of hydrogen-bond donors (Lipinski definition) is 1. The van der Waals surface area contributed by atoms with Crippen molar-refractivity contribution in [2.24, 2.45) is 5.10 Å². The van der Waals surface area contributed by atoms with Crippen LogP contribution in [0.4, 0.5) is 0 Å². The van der Waals surface area contributed by atoms with Gasteiger partial charge in [-0.05, 0) is 56.5 Å². The second-order valence-corrected chi connectivity index (χ2v) is 8.94. The van der Waals surface area contributed by atoms with Crippen LogP contribution in [0, 0.1) is 0 Å². The van der Waals surface area contributed by atoms with Gasteiger partial charge in [0.1, 0.15) is 0 Å². The summed E-state index contributed by atoms with van der Waals surface area (Å²) in [6.07, 6.45) is 1.64. The molecule has 0 aromatic heterocycles. The minimum absolute atomic E-state index is 0.191. The van der Waals surface area contributed by atoms with Gasteiger partial charge in [0.15, 0.2) is 5.75 Å². The predicted molar refractivity (Wildman–Crippen MR) is 137 cm³/mol. The van der Waals surface area contributed by atoms with Crippen molar-refractivity contribution in [3.8, 4) is 5.75 Å². The fourth-order valence-electron chi connectivity index (χ4n) is 3.34. The average Bonchev–Trinajstić information content (AvgIpc) is 2.82. The second-order valence-electron chi connectivity index (χ2n) is 7.17. The van der Waals surface area contributed by atoms with Crippen LogP contribution in [0.3, 0.4) is 0 Å². The van der Waals surface area contributed by atoms with Crippen molar-refractivity contribution in [1.82, 2.24) is 5.43 Å². The second kappa shape index (κ2) is 10.6. The van der Waals surface area contributed by atoms with Gasteiger partial charge in [0.05, 0.1) is 22.7 Å². The number of nitrogens with zero attached hydrogens (tertiary/aromatic N) is 1. The number of halogens is 2. The Morgan fingerprint density at radius 3 is 2.45 bits per heavy atom. The van der Waals surface area contributed by atoms with Crippen LogP contribution in [0.2, 0.25) is 0 Å². The van der Waals surface area contributed by atoms with Gasteiger partial charge in [-0.25, -0.2) is 10.2 Å². The summed E-state index contributed by atoms with van der Waals surface area (Å²) in [6, 6.07) is 26.0. The Kier molecular flexibility index (Phi) is 7.32. The number of hydrazone groups is 1. The molecule has 0 radical (unpaired) electrons. The zero-order chi connectivity index (χ0) is 23.2. The Hall–Kier alpha value is -3.29. The van der Waals surface area contributed by atoms with Gasteiger partial charge < -0.3 is 4.74 Å². The Morgan fingerprint density at radius 2 is 1.64 bits per heavy atom. The van der Waals surface area contributed by atoms with Crippen molar-refractivity contribution in [3.05, 3.63) is 111 Å². The minimum Gasteiger partial charge on any atom is -0.421 e. The Labute approximate surface area is 207 Å². The summed E-state index contributed by atoms with van der Waals surface area (Å²) in [6.45, 7) is 0. The standard InChI is InChI=1S/C26H18Br2N2O3/c27-21-13-20(25(23(28)15-21)33-26(32)18-8-2-1-3-9-18)16-29-30-24(31)14-19-11-6-10-17-7-4-5-12-22(17)19/h1-13,15-16H,14H2,(H,30,31)/b29-16-. The summed E-state index contributed by atoms with van der Waals surface area (Å²) in [5.41, 5.74) is 4.42. The molecule has 4 aromatic rings. The molecule has 0 fully saturated rings. The van der Waals surface area contributed by atoms with E-state index in [2.05, 4.69) is 42.4 Å². The van der Waals surface area contributed by atoms with E-state index in [0.29, 0.717) is 21.3 Å². The first kappa shape index (κ1) is 22.9. The molecule has 0 heterocycles. The van der Waals surface area contributed by atoms with Gasteiger partial charge in [-0.3, -0.25) is 4.79 Å². The van der Waals surface area contributed by atoms with Crippen LogP contribution in [-0.2, 0) is 11.2 Å². The zero-order valence-electron chi connectivity index (χ0n) is 17.3. The predicted octanol–water partition coefficient (Wildman–Crippen LogP) is 6.28. The van der Waals surface area contributed by atoms with Crippen LogP contribution < -0.4 is 10.2 Å². The van der Waals surface area contributed by atoms with Crippen LogP contribution in [-0.4, -0.2) is 18.1 Å². The SMILES string of the molecule is O=C(Cc1cccc2ccccc12)N/N=C\c1cc(Br)cc(Br)c1OC(=O)c1ccccc1. The minimum atomic E-state index is -0.492. The third-order valence-electron chi connectivity index (χ3n) is 4.87. The molecule has 0 saturated heterocycles. The fraction of sp³-hybridized carbons (Fsp3) is 0.0385. The quantitative estimate of drug-likeness (QED) is 0.129. The van der Waals surface area contributed by atoms with Crippen molar-refractivity contribution < 1.29 is 14.3 Å². The number of carbonyl (C=O) groups excluding carboxylic acids is 2. The molecule has 0 atom stereocenters. The molecule has 5 nitrogen and oxygen atoms in total. The lowest BCUT2D eigenvalue weighted by Crippen LogP contribution is -2.20. The van der Waals surface area contributed by atoms with Crippen LogP contribution >= 0.6 is 31.9 Å². The largest absolute Gasteiger partial charge is 0.421 e. The highest BCUT2D eigenvalue weighted by Gasteiger charge is 2.15. The molecule has 7 heteroatoms. The molecule has 4 aromatic carbocycles. The topological polar surface area (TPSA) is 67.8 Å². The van der Waals surface area contributed by atoms with Gasteiger partial charge in [0.2, 0.25) is 5.91 Å². The molecule has 0 saturated carbocycles. The zero-order valence-corrected chi connectivity index (χ0v) is 20.5. The number of rotatable bonds is 6. The number of esters is 1. The number of benzene rings is 4. The maximum absolute atomic E-state index is 12.5. The smallest absolute Gasteiger partial charge is 0.343 e. The highest BCUT2D eigenvalue weighted by atomic mass is 79.9. The molecule has 0 aliphatic heterocycles. The molecule has 0 spiro atoms. The Bertz CT molecular complexity index is 1350. The average molecular weight is 566 g/mol. The molecule has 1 amide bonds. The summed E-state index contributed by atoms with van der Waals surface area (Å²) in [7, 11) is 0. The summed E-state index contributed by atoms with van der Waals surface area (Å²) >= 11 is 6.86. The molecule has 0 aliphatic carbocycles. The normalized spacial score (nSPS) is 11.0. The van der Waals surface area contributed by atoms with Crippen molar-refractivity contribution >= 4 is 60.7 Å². The van der Waals surface area contributed by atoms with E-state index in [1.165, 1.54) is 6.21 Å². The molecular formula is C26H18Br2N2O3. The maximum atomic E-state index is 12.5. The van der Waals surface area contributed by atoms with E-state index in [4.69, 9.17) is 4.74 Å². The number of fused-ring (bicyclic) bond motifs is 1. The molecule has 1 N–H and O–H groups in total. The molecule has 164 valence electrons. The third-order valence-corrected chi connectivity index (χ3v) is 5.91. The van der Waals surface area contributed by atoms with E-state index in [9.17, 15) is 9.59 Å². The lowest BCUT2D eigenvalue weighted by Gasteiger charge is -2.10. The molecular weight excluding hydrogens is 548 g/mol. The van der Waals surface area contributed by atoms with Gasteiger partial charge in [0.25, 0.3) is 0 Å². The fourth-order valence-corrected chi connectivity index (χ4v) is 4.68. The Balaban J connectivity index is 1.49. The summed E-state index contributed by atoms with van der Waals surface area (Å²) < 4.78 is 6.94. The first-order valence-electron chi connectivity index (χ1n) is 10.1. The van der Waals surface area contributed by atoms with Crippen LogP contribution in [0.15, 0.2) is 99.0 Å². The maximum Gasteiger partial charge on any atom is 0.343 e. The van der Waals surface area contributed by atoms with Gasteiger partial charge in [-0.2, -0.15) is 5.10 Å². The third kappa shape index (κ3) is 5.74. The summed E-state index contributed by atoms with van der Waals surface area (Å²) in [5.74, 6) is -0.438. The van der Waals surface area contributed by atoms with E-state index in [1.807, 2.05) is 48.5 Å². The van der Waals surface area contributed by atoms with Gasteiger partial charge in [-0.1, -0.05) is 76.6 Å². The Morgan fingerprint density at radius 1 is 0.909 bits per heavy atom. The highest BCUT2D eigenvalue weighted by molar-refractivity contribution is 9.11. The molecule has 0 bridgehead atoms. The van der Waals surface area contributed by atoms with Crippen molar-refractivity contribution in [1.29, 1.82) is 0 Å². The number of carbonyl (C=O) groups is 2. The molecule has 0 aliphatic rings. The lowest BCUT2D eigenvalue weighted by molar-refractivity contribution is -0.120. The van der Waals surface area contributed by atoms with Gasteiger partial charge in [-0.15, -0.1) is 0 Å². The van der Waals surface area contributed by atoms with E-state index in [1.54, 1.807) is 36.4 Å². The molecule has 33 heavy (non-hydrogen) atoms. The van der Waals surface area contributed by atoms with Crippen molar-refractivity contribution in [2.45, 2.75) is 6.42 Å². The molecule has 0 unspecified atom stereocenters. The van der Waals surface area contributed by atoms with Crippen LogP contribution in [0.25, 0.3) is 10.8 Å². The van der Waals surface area contributed by atoms with Crippen molar-refractivity contribution in [2.75, 3.05) is 0 Å². The highest BCUT2D eigenvalue weighted by Crippen LogP contribution is 2.32. The van der Waals surface area contributed by atoms with E-state index in [-0.39, 0.29) is 12.3 Å². The molecule has 4 rings (SSSR count). The summed E-state index contributed by atoms with van der Waals surface area (Å²) in [4.78, 5) is 25.0. The number of hydrogen-bond acceptors (Lipinski definition) is 4. The van der Waals surface area contributed by atoms with E-state index >= 15 is 0 Å². The van der Waals surface area contributed by atoms with Crippen LogP contribution in [0.5, 0.6) is 5.75 Å². The summed E-state index contributed by atoms with van der Waals surface area (Å²) in [5, 5.41) is 6.19. The van der Waals surface area contributed by atoms with E-state index < -0.39 is 5.97 Å². The number of ether oxygens (including phenoxy) is 1. The van der Waals surface area contributed by atoms with E-state index in [0.717, 1.165) is 20.8 Å². The first-order valence-corrected chi connectivity index (χ1v) is 11.6. The number of amides is 1. The number of nitrogens with one attached hydrogen (secondary N) is 1. The van der Waals surface area contributed by atoms with Crippen molar-refractivity contribution in [3.63, 3.8) is 0 Å². The monoisotopic (exact) mass is 564 g/mol. The first-order chi connectivity index (χ1) is 16.0. The lowest BCUT2D eigenvalue weighted by atomic mass is 10.0. The van der Waals surface area contributed by atoms with Gasteiger partial charge >= 0.3 is 5.97 Å². The van der Waals surface area contributed by atoms with Crippen LogP contribution in [0.1, 0.15) is 21.5 Å².